The van der Waals surface area contributed by atoms with Crippen LogP contribution in [0.1, 0.15) is 50.0 Å². The zero-order valence-electron chi connectivity index (χ0n) is 13.1. The molecule has 0 radical (unpaired) electrons. The number of ketones is 1. The molecule has 1 heterocycles. The Bertz CT molecular complexity index is 554. The Labute approximate surface area is 125 Å². The van der Waals surface area contributed by atoms with Gasteiger partial charge >= 0.3 is 6.09 Å². The maximum absolute atomic E-state index is 12.5. The summed E-state index contributed by atoms with van der Waals surface area (Å²) in [6.45, 7) is 8.91. The summed E-state index contributed by atoms with van der Waals surface area (Å²) in [5.74, 6) is 0.0286. The van der Waals surface area contributed by atoms with Crippen molar-refractivity contribution in [3.05, 3.63) is 35.4 Å². The first kappa shape index (κ1) is 15.5. The third kappa shape index (κ3) is 2.80. The maximum atomic E-state index is 12.5. The van der Waals surface area contributed by atoms with Crippen LogP contribution in [-0.2, 0) is 5.41 Å². The van der Waals surface area contributed by atoms with Crippen molar-refractivity contribution in [2.45, 2.75) is 39.5 Å². The minimum absolute atomic E-state index is 0.0286. The van der Waals surface area contributed by atoms with E-state index in [1.165, 1.54) is 10.5 Å². The maximum Gasteiger partial charge on any atom is 0.407 e. The molecule has 2 rings (SSSR count). The van der Waals surface area contributed by atoms with Crippen LogP contribution < -0.4 is 0 Å². The predicted octanol–water partition coefficient (Wildman–Crippen LogP) is 3.56. The van der Waals surface area contributed by atoms with E-state index in [4.69, 9.17) is 5.11 Å². The van der Waals surface area contributed by atoms with E-state index in [0.29, 0.717) is 5.56 Å². The Hall–Kier alpha value is -1.84. The highest BCUT2D eigenvalue weighted by Crippen LogP contribution is 2.34. The van der Waals surface area contributed by atoms with Crippen LogP contribution in [0.2, 0.25) is 0 Å². The lowest BCUT2D eigenvalue weighted by Crippen LogP contribution is -2.60. The molecule has 1 aromatic carbocycles. The van der Waals surface area contributed by atoms with E-state index in [0.717, 1.165) is 6.42 Å². The summed E-state index contributed by atoms with van der Waals surface area (Å²) in [6.07, 6.45) is 0.0753. The normalized spacial score (nSPS) is 17.2. The molecule has 0 aliphatic carbocycles. The molecule has 0 unspecified atom stereocenters. The molecule has 1 amide bonds. The van der Waals surface area contributed by atoms with Crippen LogP contribution in [0, 0.1) is 5.41 Å². The number of likely N-dealkylation sites (tertiary alicyclic amines) is 1. The molecule has 0 spiro atoms. The van der Waals surface area contributed by atoms with Gasteiger partial charge in [0.25, 0.3) is 0 Å². The average molecular weight is 289 g/mol. The summed E-state index contributed by atoms with van der Waals surface area (Å²) < 4.78 is 0. The van der Waals surface area contributed by atoms with Crippen molar-refractivity contribution in [2.75, 3.05) is 13.1 Å². The number of carbonyl (C=O) groups is 2. The highest BCUT2D eigenvalue weighted by atomic mass is 16.4. The fourth-order valence-electron chi connectivity index (χ4n) is 2.70. The zero-order chi connectivity index (χ0) is 15.8. The Morgan fingerprint density at radius 2 is 1.76 bits per heavy atom. The monoisotopic (exact) mass is 289 g/mol. The standard InChI is InChI=1S/C17H23NO3/c1-5-16(2,3)13-8-6-12(7-9-13)14(19)17(4)10-18(11-17)15(20)21/h6-9H,5,10-11H2,1-4H3,(H,20,21). The minimum Gasteiger partial charge on any atom is -0.465 e. The first-order valence-electron chi connectivity index (χ1n) is 7.33. The van der Waals surface area contributed by atoms with Gasteiger partial charge in [-0.15, -0.1) is 0 Å². The van der Waals surface area contributed by atoms with Gasteiger partial charge in [0.05, 0.1) is 5.41 Å². The molecule has 0 saturated carbocycles. The van der Waals surface area contributed by atoms with Crippen LogP contribution in [0.15, 0.2) is 24.3 Å². The lowest BCUT2D eigenvalue weighted by Gasteiger charge is -2.45. The van der Waals surface area contributed by atoms with Crippen molar-refractivity contribution < 1.29 is 14.7 Å². The molecule has 114 valence electrons. The van der Waals surface area contributed by atoms with E-state index in [1.807, 2.05) is 31.2 Å². The number of carboxylic acid groups (broad SMARTS) is 1. The van der Waals surface area contributed by atoms with Crippen LogP contribution in [-0.4, -0.2) is 35.0 Å². The van der Waals surface area contributed by atoms with E-state index in [1.54, 1.807) is 0 Å². The summed E-state index contributed by atoms with van der Waals surface area (Å²) >= 11 is 0. The Morgan fingerprint density at radius 1 is 1.24 bits per heavy atom. The lowest BCUT2D eigenvalue weighted by molar-refractivity contribution is 0.0237. The summed E-state index contributed by atoms with van der Waals surface area (Å²) in [5.41, 5.74) is 1.40. The predicted molar refractivity (Wildman–Crippen MR) is 81.8 cm³/mol. The van der Waals surface area contributed by atoms with Crippen LogP contribution in [0.4, 0.5) is 4.79 Å². The molecule has 0 bridgehead atoms. The van der Waals surface area contributed by atoms with Gasteiger partial charge in [0.2, 0.25) is 0 Å². The third-order valence-electron chi connectivity index (χ3n) is 4.71. The lowest BCUT2D eigenvalue weighted by atomic mass is 9.75. The second-order valence-electron chi connectivity index (χ2n) is 6.84. The number of amides is 1. The van der Waals surface area contributed by atoms with E-state index in [2.05, 4.69) is 20.8 Å². The molecule has 0 atom stereocenters. The van der Waals surface area contributed by atoms with Crippen molar-refractivity contribution in [3.63, 3.8) is 0 Å². The number of Topliss-reactive ketones (excluding diaryl/α,β-unsaturated/α-hetero) is 1. The van der Waals surface area contributed by atoms with Gasteiger partial charge in [-0.05, 0) is 24.3 Å². The van der Waals surface area contributed by atoms with Gasteiger partial charge < -0.3 is 10.0 Å². The zero-order valence-corrected chi connectivity index (χ0v) is 13.1. The molecule has 1 fully saturated rings. The molecule has 4 heteroatoms. The summed E-state index contributed by atoms with van der Waals surface area (Å²) in [5, 5.41) is 8.89. The Kier molecular flexibility index (Phi) is 3.83. The fraction of sp³-hybridized carbons (Fsp3) is 0.529. The van der Waals surface area contributed by atoms with Gasteiger partial charge in [-0.3, -0.25) is 4.79 Å². The average Bonchev–Trinajstić information content (AvgIpc) is 2.43. The molecule has 4 nitrogen and oxygen atoms in total. The Morgan fingerprint density at radius 3 is 2.19 bits per heavy atom. The summed E-state index contributed by atoms with van der Waals surface area (Å²) in [4.78, 5) is 24.6. The van der Waals surface area contributed by atoms with Gasteiger partial charge in [0.1, 0.15) is 0 Å². The highest BCUT2D eigenvalue weighted by Gasteiger charge is 2.47. The van der Waals surface area contributed by atoms with E-state index < -0.39 is 11.5 Å². The number of nitrogens with zero attached hydrogens (tertiary/aromatic N) is 1. The van der Waals surface area contributed by atoms with Crippen LogP contribution in [0.25, 0.3) is 0 Å². The number of carbonyl (C=O) groups excluding carboxylic acids is 1. The minimum atomic E-state index is -0.958. The highest BCUT2D eigenvalue weighted by molar-refractivity contribution is 6.02. The molecule has 1 aromatic rings. The smallest absolute Gasteiger partial charge is 0.407 e. The van der Waals surface area contributed by atoms with Crippen molar-refractivity contribution in [2.24, 2.45) is 5.41 Å². The van der Waals surface area contributed by atoms with Gasteiger partial charge in [0.15, 0.2) is 5.78 Å². The first-order chi connectivity index (χ1) is 9.69. The summed E-state index contributed by atoms with van der Waals surface area (Å²) in [7, 11) is 0. The van der Waals surface area contributed by atoms with Gasteiger partial charge in [-0.2, -0.15) is 0 Å². The van der Waals surface area contributed by atoms with Crippen LogP contribution in [0.5, 0.6) is 0 Å². The van der Waals surface area contributed by atoms with Gasteiger partial charge in [0, 0.05) is 18.7 Å². The summed E-state index contributed by atoms with van der Waals surface area (Å²) in [6, 6.07) is 7.74. The topological polar surface area (TPSA) is 57.6 Å². The van der Waals surface area contributed by atoms with Crippen molar-refractivity contribution in [1.29, 1.82) is 0 Å². The van der Waals surface area contributed by atoms with Crippen molar-refractivity contribution in [3.8, 4) is 0 Å². The van der Waals surface area contributed by atoms with Crippen molar-refractivity contribution >= 4 is 11.9 Å². The van der Waals surface area contributed by atoms with Gasteiger partial charge in [-0.1, -0.05) is 45.0 Å². The molecular weight excluding hydrogens is 266 g/mol. The molecule has 1 saturated heterocycles. The fourth-order valence-corrected chi connectivity index (χ4v) is 2.70. The number of benzene rings is 1. The third-order valence-corrected chi connectivity index (χ3v) is 4.71. The SMILES string of the molecule is CCC(C)(C)c1ccc(C(=O)C2(C)CN(C(=O)O)C2)cc1. The molecule has 1 N–H and O–H groups in total. The van der Waals surface area contributed by atoms with Crippen LogP contribution >= 0.6 is 0 Å². The second-order valence-corrected chi connectivity index (χ2v) is 6.84. The molecule has 1 aliphatic heterocycles. The van der Waals surface area contributed by atoms with Crippen molar-refractivity contribution in [1.82, 2.24) is 4.90 Å². The van der Waals surface area contributed by atoms with E-state index in [9.17, 15) is 9.59 Å². The largest absolute Gasteiger partial charge is 0.465 e. The number of hydrogen-bond donors (Lipinski definition) is 1. The number of hydrogen-bond acceptors (Lipinski definition) is 2. The van der Waals surface area contributed by atoms with Crippen LogP contribution in [0.3, 0.4) is 0 Å². The second kappa shape index (κ2) is 5.17. The molecular formula is C17H23NO3. The Balaban J connectivity index is 2.13. The molecule has 1 aliphatic rings. The van der Waals surface area contributed by atoms with E-state index >= 15 is 0 Å². The van der Waals surface area contributed by atoms with Gasteiger partial charge in [-0.25, -0.2) is 4.79 Å². The quantitative estimate of drug-likeness (QED) is 0.862. The van der Waals surface area contributed by atoms with E-state index in [-0.39, 0.29) is 24.3 Å². The number of rotatable bonds is 4. The molecule has 21 heavy (non-hydrogen) atoms. The molecule has 0 aromatic heterocycles. The first-order valence-corrected chi connectivity index (χ1v) is 7.33.